The van der Waals surface area contributed by atoms with E-state index < -0.39 is 40.0 Å². The van der Waals surface area contributed by atoms with E-state index in [0.717, 1.165) is 0 Å². The third-order valence-electron chi connectivity index (χ3n) is 4.27. The highest BCUT2D eigenvalue weighted by atomic mass is 35.5. The number of nitrogens with one attached hydrogen (secondary N) is 1. The second kappa shape index (κ2) is 5.66. The zero-order valence-electron chi connectivity index (χ0n) is 13.3. The van der Waals surface area contributed by atoms with Crippen LogP contribution < -0.4 is 5.32 Å². The Labute approximate surface area is 147 Å². The van der Waals surface area contributed by atoms with E-state index in [9.17, 15) is 19.5 Å². The molecule has 0 radical (unpaired) electrons. The quantitative estimate of drug-likeness (QED) is 0.757. The number of hydrogen-bond donors (Lipinski definition) is 2. The molecule has 3 rings (SSSR count). The number of aromatic nitrogens is 2. The molecule has 0 bridgehead atoms. The number of carbonyl (C=O) groups is 3. The molecule has 24 heavy (non-hydrogen) atoms. The maximum Gasteiger partial charge on any atom is 0.327 e. The van der Waals surface area contributed by atoms with Crippen LogP contribution in [0.3, 0.4) is 0 Å². The summed E-state index contributed by atoms with van der Waals surface area (Å²) < 4.78 is 0.818. The largest absolute Gasteiger partial charge is 0.480 e. The molecule has 10 heteroatoms. The third-order valence-corrected chi connectivity index (χ3v) is 6.12. The molecule has 3 atom stereocenters. The van der Waals surface area contributed by atoms with Gasteiger partial charge in [-0.2, -0.15) is 5.10 Å². The van der Waals surface area contributed by atoms with Crippen LogP contribution in [0.2, 0.25) is 5.02 Å². The standard InChI is InChI=1S/C14H17ClN4O4S/c1-4-18-8(6(15)5-16-18)10(20)17-7-11(21)19-9(13(22)23)14(2,3)24-12(7)19/h5,7,9,12H,4H2,1-3H3,(H,17,20)(H,22,23)/t7-,9-,12+/m1/s1. The first-order valence-corrected chi connectivity index (χ1v) is 8.69. The summed E-state index contributed by atoms with van der Waals surface area (Å²) in [6.07, 6.45) is 1.38. The highest BCUT2D eigenvalue weighted by molar-refractivity contribution is 8.01. The van der Waals surface area contributed by atoms with Gasteiger partial charge in [-0.3, -0.25) is 14.3 Å². The molecule has 0 saturated carbocycles. The molecule has 2 aliphatic rings. The zero-order valence-corrected chi connectivity index (χ0v) is 14.9. The second-order valence-corrected chi connectivity index (χ2v) is 8.38. The number of carboxylic acids is 1. The number of amides is 2. The SMILES string of the molecule is CCn1ncc(Cl)c1C(=O)N[C@@H]1C(=O)N2[C@H]1SC(C)(C)[C@H]2C(=O)O. The average Bonchev–Trinajstić information content (AvgIpc) is 2.99. The van der Waals surface area contributed by atoms with Gasteiger partial charge in [0.15, 0.2) is 0 Å². The molecule has 2 saturated heterocycles. The number of carbonyl (C=O) groups excluding carboxylic acids is 2. The smallest absolute Gasteiger partial charge is 0.327 e. The topological polar surface area (TPSA) is 105 Å². The van der Waals surface area contributed by atoms with Crippen molar-refractivity contribution in [3.8, 4) is 0 Å². The van der Waals surface area contributed by atoms with Crippen LogP contribution in [0.1, 0.15) is 31.3 Å². The van der Waals surface area contributed by atoms with Gasteiger partial charge in [0.2, 0.25) is 5.91 Å². The van der Waals surface area contributed by atoms with Crippen molar-refractivity contribution in [1.29, 1.82) is 0 Å². The number of carboxylic acid groups (broad SMARTS) is 1. The van der Waals surface area contributed by atoms with Crippen LogP contribution >= 0.6 is 23.4 Å². The minimum atomic E-state index is -1.04. The first kappa shape index (κ1) is 17.1. The molecule has 0 unspecified atom stereocenters. The Hall–Kier alpha value is -1.74. The Kier molecular flexibility index (Phi) is 4.03. The van der Waals surface area contributed by atoms with Crippen molar-refractivity contribution in [3.05, 3.63) is 16.9 Å². The van der Waals surface area contributed by atoms with Crippen molar-refractivity contribution >= 4 is 41.1 Å². The molecule has 2 amide bonds. The van der Waals surface area contributed by atoms with Crippen molar-refractivity contribution in [1.82, 2.24) is 20.0 Å². The summed E-state index contributed by atoms with van der Waals surface area (Å²) in [5.41, 5.74) is 0.197. The number of halogens is 1. The summed E-state index contributed by atoms with van der Waals surface area (Å²) in [5, 5.41) is 15.9. The van der Waals surface area contributed by atoms with E-state index in [0.29, 0.717) is 6.54 Å². The summed E-state index contributed by atoms with van der Waals surface area (Å²) in [6, 6.07) is -1.67. The highest BCUT2D eigenvalue weighted by Gasteiger charge is 2.64. The fourth-order valence-electron chi connectivity index (χ4n) is 3.18. The zero-order chi connectivity index (χ0) is 17.8. The predicted octanol–water partition coefficient (Wildman–Crippen LogP) is 0.802. The molecule has 2 aliphatic heterocycles. The Morgan fingerprint density at radius 2 is 2.17 bits per heavy atom. The van der Waals surface area contributed by atoms with E-state index in [4.69, 9.17) is 11.6 Å². The maximum atomic E-state index is 12.5. The lowest BCUT2D eigenvalue weighted by Gasteiger charge is -2.43. The normalized spacial score (nSPS) is 27.6. The van der Waals surface area contributed by atoms with Crippen LogP contribution in [0, 0.1) is 0 Å². The molecule has 3 heterocycles. The summed E-state index contributed by atoms with van der Waals surface area (Å²) in [5.74, 6) is -1.92. The van der Waals surface area contributed by atoms with E-state index in [1.165, 1.54) is 27.5 Å². The van der Waals surface area contributed by atoms with Gasteiger partial charge >= 0.3 is 5.97 Å². The lowest BCUT2D eigenvalue weighted by Crippen LogP contribution is -2.70. The fourth-order valence-corrected chi connectivity index (χ4v) is 5.04. The summed E-state index contributed by atoms with van der Waals surface area (Å²) in [6.45, 7) is 5.85. The molecule has 8 nitrogen and oxygen atoms in total. The van der Waals surface area contributed by atoms with E-state index in [1.54, 1.807) is 13.8 Å². The molecule has 130 valence electrons. The van der Waals surface area contributed by atoms with Gasteiger partial charge in [0.25, 0.3) is 5.91 Å². The van der Waals surface area contributed by atoms with E-state index in [1.807, 2.05) is 6.92 Å². The minimum absolute atomic E-state index is 0.197. The Morgan fingerprint density at radius 3 is 2.75 bits per heavy atom. The summed E-state index contributed by atoms with van der Waals surface area (Å²) >= 11 is 7.37. The summed E-state index contributed by atoms with van der Waals surface area (Å²) in [4.78, 5) is 37.6. The number of β-lactam (4-membered cyclic amide) rings is 1. The van der Waals surface area contributed by atoms with E-state index in [-0.39, 0.29) is 10.7 Å². The van der Waals surface area contributed by atoms with Crippen molar-refractivity contribution in [2.24, 2.45) is 0 Å². The number of aryl methyl sites for hydroxylation is 1. The molecule has 1 aromatic rings. The van der Waals surface area contributed by atoms with Gasteiger partial charge in [0.1, 0.15) is 23.2 Å². The Balaban J connectivity index is 1.79. The van der Waals surface area contributed by atoms with Crippen molar-refractivity contribution in [3.63, 3.8) is 0 Å². The first-order valence-electron chi connectivity index (χ1n) is 7.44. The van der Waals surface area contributed by atoms with Crippen LogP contribution in [-0.2, 0) is 16.1 Å². The van der Waals surface area contributed by atoms with E-state index >= 15 is 0 Å². The minimum Gasteiger partial charge on any atom is -0.480 e. The van der Waals surface area contributed by atoms with Gasteiger partial charge < -0.3 is 15.3 Å². The number of hydrogen-bond acceptors (Lipinski definition) is 5. The number of nitrogens with zero attached hydrogens (tertiary/aromatic N) is 3. The molecular formula is C14H17ClN4O4S. The van der Waals surface area contributed by atoms with Crippen molar-refractivity contribution in [2.45, 2.75) is 49.5 Å². The molecule has 2 fully saturated rings. The Bertz CT molecular complexity index is 734. The van der Waals surface area contributed by atoms with Gasteiger partial charge in [-0.1, -0.05) is 11.6 Å². The van der Waals surface area contributed by atoms with E-state index in [2.05, 4.69) is 10.4 Å². The van der Waals surface area contributed by atoms with Gasteiger partial charge in [-0.05, 0) is 20.8 Å². The van der Waals surface area contributed by atoms with Crippen LogP contribution in [-0.4, -0.2) is 59.8 Å². The molecule has 0 aromatic carbocycles. The van der Waals surface area contributed by atoms with Crippen LogP contribution in [0.4, 0.5) is 0 Å². The molecule has 0 aliphatic carbocycles. The lowest BCUT2D eigenvalue weighted by molar-refractivity contribution is -0.159. The first-order chi connectivity index (χ1) is 11.2. The summed E-state index contributed by atoms with van der Waals surface area (Å²) in [7, 11) is 0. The lowest BCUT2D eigenvalue weighted by atomic mass is 9.96. The van der Waals surface area contributed by atoms with Gasteiger partial charge in [-0.25, -0.2) is 4.79 Å². The monoisotopic (exact) mass is 372 g/mol. The second-order valence-electron chi connectivity index (χ2n) is 6.21. The highest BCUT2D eigenvalue weighted by Crippen LogP contribution is 2.50. The Morgan fingerprint density at radius 1 is 1.50 bits per heavy atom. The van der Waals surface area contributed by atoms with Gasteiger partial charge in [0.05, 0.1) is 11.2 Å². The number of aliphatic carboxylic acids is 1. The van der Waals surface area contributed by atoms with Crippen LogP contribution in [0.25, 0.3) is 0 Å². The predicted molar refractivity (Wildman–Crippen MR) is 87.9 cm³/mol. The number of thioether (sulfide) groups is 1. The third kappa shape index (κ3) is 2.37. The molecule has 0 spiro atoms. The number of fused-ring (bicyclic) bond motifs is 1. The number of rotatable bonds is 4. The maximum absolute atomic E-state index is 12.5. The van der Waals surface area contributed by atoms with Crippen LogP contribution in [0.15, 0.2) is 6.20 Å². The van der Waals surface area contributed by atoms with Crippen LogP contribution in [0.5, 0.6) is 0 Å². The van der Waals surface area contributed by atoms with Crippen molar-refractivity contribution in [2.75, 3.05) is 0 Å². The fraction of sp³-hybridized carbons (Fsp3) is 0.571. The van der Waals surface area contributed by atoms with Gasteiger partial charge in [-0.15, -0.1) is 11.8 Å². The molecule has 1 aromatic heterocycles. The van der Waals surface area contributed by atoms with Crippen molar-refractivity contribution < 1.29 is 19.5 Å². The van der Waals surface area contributed by atoms with Gasteiger partial charge in [0, 0.05) is 11.3 Å². The average molecular weight is 373 g/mol. The molecule has 2 N–H and O–H groups in total. The molecular weight excluding hydrogens is 356 g/mol.